The molecule has 16 heteroatoms. The third-order valence-corrected chi connectivity index (χ3v) is 14.9. The van der Waals surface area contributed by atoms with Gasteiger partial charge < -0.3 is 54.1 Å². The molecule has 1 aliphatic carbocycles. The molecule has 69 heavy (non-hydrogen) atoms. The van der Waals surface area contributed by atoms with E-state index < -0.39 is 96.6 Å². The standard InChI is InChI=1S/C53H83NO15/c1-31-14-10-11-16-44(67-30-39(56)29-55)33(3)25-36(6)48(60)49(66-9)47(59)35(5)24-32(2)43(58)28-45(34(4)26-38-19-22-42(57)46(27-38)65-8)68-52(63)41-15-12-13-23-54(41)51(62)50(61)53(64)37(7)18-21-40(69-53)20-17-31/h10-11,14,16-17,24,32-34,36-42,44-47,49,55-57,59,64H,12-13,15,18-23,25-30H2,1-9H3/b14-10+,16-11+,31-17+,35-24+/t32-,33+,34-,36-,37-,38+,39?,40-,41+,42-,44?,45+,46-,47-,49-,53-/m1/s1. The van der Waals surface area contributed by atoms with E-state index >= 15 is 0 Å². The minimum atomic E-state index is -2.43. The highest BCUT2D eigenvalue weighted by Gasteiger charge is 2.53. The number of esters is 1. The molecule has 1 amide bonds. The number of hydrogen-bond donors (Lipinski definition) is 5. The molecule has 390 valence electrons. The number of piperidine rings is 1. The molecule has 1 saturated carbocycles. The molecule has 3 aliphatic heterocycles. The van der Waals surface area contributed by atoms with Crippen molar-refractivity contribution in [2.75, 3.05) is 34.0 Å². The second-order valence-corrected chi connectivity index (χ2v) is 20.5. The van der Waals surface area contributed by atoms with Crippen molar-refractivity contribution in [2.45, 2.75) is 186 Å². The van der Waals surface area contributed by atoms with E-state index in [4.69, 9.17) is 23.7 Å². The molecule has 0 aromatic rings. The minimum absolute atomic E-state index is 0.0759. The molecule has 2 bridgehead atoms. The normalized spacial score (nSPS) is 39.2. The fourth-order valence-electron chi connectivity index (χ4n) is 10.3. The third-order valence-electron chi connectivity index (χ3n) is 14.9. The molecule has 3 heterocycles. The Morgan fingerprint density at radius 1 is 0.928 bits per heavy atom. The average molecular weight is 974 g/mol. The number of methoxy groups -OCH3 is 2. The Morgan fingerprint density at radius 2 is 1.65 bits per heavy atom. The van der Waals surface area contributed by atoms with Crippen LogP contribution in [0.25, 0.3) is 0 Å². The molecule has 4 aliphatic rings. The van der Waals surface area contributed by atoms with Gasteiger partial charge in [0.15, 0.2) is 5.78 Å². The van der Waals surface area contributed by atoms with E-state index in [9.17, 15) is 49.5 Å². The van der Waals surface area contributed by atoms with Crippen LogP contribution in [0.3, 0.4) is 0 Å². The number of ether oxygens (including phenoxy) is 5. The number of nitrogens with zero attached hydrogens (tertiary/aromatic N) is 1. The second-order valence-electron chi connectivity index (χ2n) is 20.5. The van der Waals surface area contributed by atoms with Crippen molar-refractivity contribution in [1.29, 1.82) is 0 Å². The number of amides is 1. The van der Waals surface area contributed by atoms with Crippen LogP contribution >= 0.6 is 0 Å². The highest BCUT2D eigenvalue weighted by Crippen LogP contribution is 2.37. The molecule has 16 atom stereocenters. The van der Waals surface area contributed by atoms with Gasteiger partial charge in [0.2, 0.25) is 5.79 Å². The van der Waals surface area contributed by atoms with Crippen molar-refractivity contribution in [3.05, 3.63) is 47.6 Å². The van der Waals surface area contributed by atoms with Crippen molar-refractivity contribution < 1.29 is 73.2 Å². The van der Waals surface area contributed by atoms with Gasteiger partial charge in [0, 0.05) is 44.9 Å². The molecule has 3 fully saturated rings. The predicted molar refractivity (Wildman–Crippen MR) is 257 cm³/mol. The van der Waals surface area contributed by atoms with Crippen molar-refractivity contribution in [3.63, 3.8) is 0 Å². The Kier molecular flexibility index (Phi) is 23.1. The Morgan fingerprint density at radius 3 is 2.33 bits per heavy atom. The summed E-state index contributed by atoms with van der Waals surface area (Å²) in [5.74, 6) is -8.69. The topological polar surface area (TPSA) is 236 Å². The second kappa shape index (κ2) is 27.4. The minimum Gasteiger partial charge on any atom is -0.460 e. The zero-order valence-electron chi connectivity index (χ0n) is 42.5. The first-order valence-corrected chi connectivity index (χ1v) is 25.2. The lowest BCUT2D eigenvalue weighted by molar-refractivity contribution is -0.262. The van der Waals surface area contributed by atoms with Crippen LogP contribution in [0.15, 0.2) is 47.6 Å². The van der Waals surface area contributed by atoms with Crippen LogP contribution in [0.5, 0.6) is 0 Å². The summed E-state index contributed by atoms with van der Waals surface area (Å²) < 4.78 is 29.5. The van der Waals surface area contributed by atoms with E-state index in [1.807, 2.05) is 32.9 Å². The lowest BCUT2D eigenvalue weighted by atomic mass is 9.78. The lowest BCUT2D eigenvalue weighted by Gasteiger charge is -2.42. The van der Waals surface area contributed by atoms with E-state index in [-0.39, 0.29) is 61.4 Å². The van der Waals surface area contributed by atoms with E-state index in [2.05, 4.69) is 0 Å². The Hall–Kier alpha value is -3.45. The molecule has 4 rings (SSSR count). The first kappa shape index (κ1) is 58.1. The number of allylic oxidation sites excluding steroid dienone is 5. The number of aliphatic hydroxyl groups excluding tert-OH is 4. The van der Waals surface area contributed by atoms with Crippen molar-refractivity contribution in [2.24, 2.45) is 35.5 Å². The first-order valence-electron chi connectivity index (χ1n) is 25.2. The zero-order valence-corrected chi connectivity index (χ0v) is 42.5. The predicted octanol–water partition coefficient (Wildman–Crippen LogP) is 4.90. The van der Waals surface area contributed by atoms with Gasteiger partial charge in [0.05, 0.1) is 37.6 Å². The molecular formula is C53H83NO15. The van der Waals surface area contributed by atoms with Gasteiger partial charge >= 0.3 is 5.97 Å². The van der Waals surface area contributed by atoms with Gasteiger partial charge in [-0.3, -0.25) is 19.2 Å². The highest BCUT2D eigenvalue weighted by molar-refractivity contribution is 6.39. The summed E-state index contributed by atoms with van der Waals surface area (Å²) in [6.45, 7) is 11.8. The number of fused-ring (bicyclic) bond motifs is 3. The summed E-state index contributed by atoms with van der Waals surface area (Å²) in [5, 5.41) is 53.5. The van der Waals surface area contributed by atoms with Crippen molar-refractivity contribution >= 4 is 29.2 Å². The fourth-order valence-corrected chi connectivity index (χ4v) is 10.3. The molecule has 2 saturated heterocycles. The molecular weight excluding hydrogens is 891 g/mol. The molecule has 0 aromatic carbocycles. The molecule has 0 aromatic heterocycles. The van der Waals surface area contributed by atoms with E-state index in [0.29, 0.717) is 69.8 Å². The van der Waals surface area contributed by atoms with Crippen LogP contribution < -0.4 is 0 Å². The summed E-state index contributed by atoms with van der Waals surface area (Å²) in [7, 11) is 2.89. The third kappa shape index (κ3) is 16.0. The number of ketones is 3. The van der Waals surface area contributed by atoms with Crippen LogP contribution in [0.2, 0.25) is 0 Å². The molecule has 0 radical (unpaired) electrons. The number of rotatable bonds is 9. The number of aliphatic hydroxyl groups is 5. The number of carbonyl (C=O) groups is 5. The number of cyclic esters (lactones) is 1. The van der Waals surface area contributed by atoms with Gasteiger partial charge in [-0.1, -0.05) is 76.6 Å². The number of carbonyl (C=O) groups excluding carboxylic acids is 5. The van der Waals surface area contributed by atoms with Gasteiger partial charge in [-0.05, 0) is 108 Å². The maximum atomic E-state index is 14.4. The SMILES string of the molecule is CO[C@@H]1C[C@H](C[C@@H](C)[C@@H]2CC(=O)[C@H](C)/C=C(\C)[C@@H](O)[C@@H](OC)C(=O)[C@H](C)C[C@H](C)C(OCC(O)CO)/C=C/C=C/C(C)=C/C[C@@H]3CC[C@@H](C)[C@@](O)(O3)C(=O)C(=O)N3CCCC[C@H]3C(=O)O2)CC[C@H]1O. The molecule has 5 N–H and O–H groups in total. The Balaban J connectivity index is 1.71. The Bertz CT molecular complexity index is 1850. The van der Waals surface area contributed by atoms with Crippen molar-refractivity contribution in [1.82, 2.24) is 4.90 Å². The van der Waals surface area contributed by atoms with Crippen LogP contribution in [-0.2, 0) is 47.7 Å². The van der Waals surface area contributed by atoms with Gasteiger partial charge in [-0.25, -0.2) is 4.79 Å². The number of Topliss-reactive ketones (excluding diaryl/α,β-unsaturated/α-hetero) is 3. The number of hydrogen-bond acceptors (Lipinski definition) is 15. The Labute approximate surface area is 409 Å². The van der Waals surface area contributed by atoms with E-state index in [1.54, 1.807) is 59.1 Å². The van der Waals surface area contributed by atoms with Gasteiger partial charge in [0.1, 0.15) is 36.2 Å². The summed E-state index contributed by atoms with van der Waals surface area (Å²) >= 11 is 0. The summed E-state index contributed by atoms with van der Waals surface area (Å²) in [6.07, 6.45) is 8.90. The molecule has 2 unspecified atom stereocenters. The summed E-state index contributed by atoms with van der Waals surface area (Å²) in [5.41, 5.74) is 1.18. The average Bonchev–Trinajstić information content (AvgIpc) is 3.33. The summed E-state index contributed by atoms with van der Waals surface area (Å²) in [6, 6.07) is -1.15. The summed E-state index contributed by atoms with van der Waals surface area (Å²) in [4.78, 5) is 72.1. The van der Waals surface area contributed by atoms with Crippen molar-refractivity contribution in [3.8, 4) is 0 Å². The lowest BCUT2D eigenvalue weighted by Crippen LogP contribution is -2.60. The zero-order chi connectivity index (χ0) is 51.2. The first-order chi connectivity index (χ1) is 32.6. The van der Waals surface area contributed by atoms with Crippen LogP contribution in [0.4, 0.5) is 0 Å². The highest BCUT2D eigenvalue weighted by atomic mass is 16.6. The smallest absolute Gasteiger partial charge is 0.329 e. The monoisotopic (exact) mass is 974 g/mol. The van der Waals surface area contributed by atoms with Crippen LogP contribution in [0.1, 0.15) is 126 Å². The quantitative estimate of drug-likeness (QED) is 0.117. The largest absolute Gasteiger partial charge is 0.460 e. The molecule has 0 spiro atoms. The maximum absolute atomic E-state index is 14.4. The fraction of sp³-hybridized carbons (Fsp3) is 0.755. The van der Waals surface area contributed by atoms with E-state index in [1.165, 1.54) is 12.0 Å². The van der Waals surface area contributed by atoms with Gasteiger partial charge in [-0.15, -0.1) is 0 Å². The molecule has 16 nitrogen and oxygen atoms in total. The van der Waals surface area contributed by atoms with Gasteiger partial charge in [-0.2, -0.15) is 0 Å². The van der Waals surface area contributed by atoms with Crippen LogP contribution in [-0.4, -0.2) is 154 Å². The van der Waals surface area contributed by atoms with Gasteiger partial charge in [0.25, 0.3) is 11.7 Å². The maximum Gasteiger partial charge on any atom is 0.329 e. The van der Waals surface area contributed by atoms with E-state index in [0.717, 1.165) is 5.57 Å². The van der Waals surface area contributed by atoms with Crippen LogP contribution in [0, 0.1) is 35.5 Å².